The van der Waals surface area contributed by atoms with Crippen LogP contribution < -0.4 is 4.74 Å². The van der Waals surface area contributed by atoms with Gasteiger partial charge in [-0.1, -0.05) is 25.1 Å². The van der Waals surface area contributed by atoms with Gasteiger partial charge in [-0.3, -0.25) is 0 Å². The number of rotatable bonds is 8. The van der Waals surface area contributed by atoms with E-state index in [0.717, 1.165) is 28.9 Å². The molecule has 1 aromatic heterocycles. The summed E-state index contributed by atoms with van der Waals surface area (Å²) in [5.41, 5.74) is 3.02. The van der Waals surface area contributed by atoms with Crippen LogP contribution in [0.3, 0.4) is 0 Å². The number of imidazole rings is 1. The number of benzene rings is 1. The SMILES string of the molecule is CCCCn1c(SCCOc2ccc(C#N)cc2)nc(C)c1C. The Kier molecular flexibility index (Phi) is 6.54. The summed E-state index contributed by atoms with van der Waals surface area (Å²) in [7, 11) is 0. The van der Waals surface area contributed by atoms with E-state index in [4.69, 9.17) is 10.00 Å². The average Bonchev–Trinajstić information content (AvgIpc) is 2.84. The van der Waals surface area contributed by atoms with Crippen LogP contribution in [-0.4, -0.2) is 21.9 Å². The van der Waals surface area contributed by atoms with E-state index in [2.05, 4.69) is 36.4 Å². The molecule has 0 aliphatic rings. The minimum Gasteiger partial charge on any atom is -0.493 e. The van der Waals surface area contributed by atoms with E-state index in [1.54, 1.807) is 23.9 Å². The number of aryl methyl sites for hydroxylation is 1. The van der Waals surface area contributed by atoms with Gasteiger partial charge in [-0.2, -0.15) is 5.26 Å². The van der Waals surface area contributed by atoms with Crippen molar-refractivity contribution in [3.05, 3.63) is 41.2 Å². The zero-order valence-corrected chi connectivity index (χ0v) is 14.8. The molecule has 1 aromatic carbocycles. The van der Waals surface area contributed by atoms with Gasteiger partial charge in [0.15, 0.2) is 5.16 Å². The molecule has 0 saturated heterocycles. The van der Waals surface area contributed by atoms with Crippen molar-refractivity contribution >= 4 is 11.8 Å². The third-order valence-electron chi connectivity index (χ3n) is 3.72. The van der Waals surface area contributed by atoms with Crippen molar-refractivity contribution in [2.45, 2.75) is 45.3 Å². The molecule has 0 radical (unpaired) electrons. The Morgan fingerprint density at radius 1 is 1.26 bits per heavy atom. The fourth-order valence-corrected chi connectivity index (χ4v) is 3.17. The first kappa shape index (κ1) is 17.4. The van der Waals surface area contributed by atoms with Gasteiger partial charge in [-0.25, -0.2) is 4.98 Å². The summed E-state index contributed by atoms with van der Waals surface area (Å²) < 4.78 is 8.03. The average molecular weight is 329 g/mol. The molecule has 23 heavy (non-hydrogen) atoms. The van der Waals surface area contributed by atoms with E-state index in [-0.39, 0.29) is 0 Å². The Labute approximate surface area is 142 Å². The van der Waals surface area contributed by atoms with E-state index in [9.17, 15) is 0 Å². The fraction of sp³-hybridized carbons (Fsp3) is 0.444. The van der Waals surface area contributed by atoms with Crippen LogP contribution in [0.15, 0.2) is 29.4 Å². The normalized spacial score (nSPS) is 10.5. The number of thioether (sulfide) groups is 1. The van der Waals surface area contributed by atoms with Crippen LogP contribution in [0.1, 0.15) is 36.7 Å². The molecule has 2 rings (SSSR count). The Balaban J connectivity index is 1.86. The van der Waals surface area contributed by atoms with Gasteiger partial charge in [0.05, 0.1) is 23.9 Å². The zero-order valence-electron chi connectivity index (χ0n) is 14.0. The monoisotopic (exact) mass is 329 g/mol. The summed E-state index contributed by atoms with van der Waals surface area (Å²) in [5.74, 6) is 1.65. The van der Waals surface area contributed by atoms with Gasteiger partial charge < -0.3 is 9.30 Å². The summed E-state index contributed by atoms with van der Waals surface area (Å²) in [6.45, 7) is 8.05. The quantitative estimate of drug-likeness (QED) is 0.534. The first-order valence-corrected chi connectivity index (χ1v) is 8.93. The standard InChI is InChI=1S/C18H23N3OS/c1-4-5-10-21-15(3)14(2)20-18(21)23-12-11-22-17-8-6-16(13-19)7-9-17/h6-9H,4-5,10-12H2,1-3H3. The lowest BCUT2D eigenvalue weighted by atomic mass is 10.2. The van der Waals surface area contributed by atoms with Crippen molar-refractivity contribution in [2.75, 3.05) is 12.4 Å². The Morgan fingerprint density at radius 3 is 2.65 bits per heavy atom. The molecule has 1 heterocycles. The van der Waals surface area contributed by atoms with Crippen molar-refractivity contribution in [3.8, 4) is 11.8 Å². The molecule has 0 amide bonds. The molecule has 4 nitrogen and oxygen atoms in total. The molecule has 2 aromatic rings. The van der Waals surface area contributed by atoms with Crippen molar-refractivity contribution in [1.29, 1.82) is 5.26 Å². The second kappa shape index (κ2) is 8.64. The number of hydrogen-bond acceptors (Lipinski definition) is 4. The molecule has 0 bridgehead atoms. The fourth-order valence-electron chi connectivity index (χ4n) is 2.23. The highest BCUT2D eigenvalue weighted by Gasteiger charge is 2.11. The molecule has 0 atom stereocenters. The molecule has 0 N–H and O–H groups in total. The van der Waals surface area contributed by atoms with E-state index in [1.165, 1.54) is 18.5 Å². The van der Waals surface area contributed by atoms with E-state index in [1.807, 2.05) is 12.1 Å². The largest absolute Gasteiger partial charge is 0.493 e. The first-order chi connectivity index (χ1) is 11.2. The minimum absolute atomic E-state index is 0.620. The maximum Gasteiger partial charge on any atom is 0.168 e. The lowest BCUT2D eigenvalue weighted by Gasteiger charge is -2.09. The molecule has 0 aliphatic carbocycles. The second-order valence-electron chi connectivity index (χ2n) is 5.40. The van der Waals surface area contributed by atoms with Gasteiger partial charge in [0.25, 0.3) is 0 Å². The highest BCUT2D eigenvalue weighted by molar-refractivity contribution is 7.99. The van der Waals surface area contributed by atoms with Crippen molar-refractivity contribution < 1.29 is 4.74 Å². The molecule has 5 heteroatoms. The Bertz CT molecular complexity index is 671. The van der Waals surface area contributed by atoms with E-state index in [0.29, 0.717) is 12.2 Å². The number of nitrogens with zero attached hydrogens (tertiary/aromatic N) is 3. The maximum absolute atomic E-state index is 8.78. The predicted octanol–water partition coefficient (Wildman–Crippen LogP) is 4.34. The van der Waals surface area contributed by atoms with Crippen molar-refractivity contribution in [2.24, 2.45) is 0 Å². The number of aromatic nitrogens is 2. The Morgan fingerprint density at radius 2 is 2.00 bits per heavy atom. The van der Waals surface area contributed by atoms with Gasteiger partial charge in [0.2, 0.25) is 0 Å². The maximum atomic E-state index is 8.78. The topological polar surface area (TPSA) is 50.8 Å². The number of unbranched alkanes of at least 4 members (excludes halogenated alkanes) is 1. The first-order valence-electron chi connectivity index (χ1n) is 7.95. The number of nitriles is 1. The number of hydrogen-bond donors (Lipinski definition) is 0. The summed E-state index contributed by atoms with van der Waals surface area (Å²) in [6, 6.07) is 9.31. The third kappa shape index (κ3) is 4.77. The van der Waals surface area contributed by atoms with Crippen molar-refractivity contribution in [3.63, 3.8) is 0 Å². The third-order valence-corrected chi connectivity index (χ3v) is 4.67. The van der Waals surface area contributed by atoms with Crippen LogP contribution in [0.4, 0.5) is 0 Å². The predicted molar refractivity (Wildman–Crippen MR) is 94.0 cm³/mol. The Hall–Kier alpha value is -1.93. The van der Waals surface area contributed by atoms with Gasteiger partial charge in [-0.05, 0) is 44.5 Å². The smallest absolute Gasteiger partial charge is 0.168 e. The molecule has 0 aliphatic heterocycles. The molecule has 0 fully saturated rings. The lowest BCUT2D eigenvalue weighted by Crippen LogP contribution is -2.05. The summed E-state index contributed by atoms with van der Waals surface area (Å²) >= 11 is 1.73. The lowest BCUT2D eigenvalue weighted by molar-refractivity contribution is 0.343. The highest BCUT2D eigenvalue weighted by Crippen LogP contribution is 2.22. The van der Waals surface area contributed by atoms with E-state index < -0.39 is 0 Å². The molecular weight excluding hydrogens is 306 g/mol. The molecule has 0 unspecified atom stereocenters. The summed E-state index contributed by atoms with van der Waals surface area (Å²) in [5, 5.41) is 9.86. The van der Waals surface area contributed by atoms with Crippen molar-refractivity contribution in [1.82, 2.24) is 9.55 Å². The molecular formula is C18H23N3OS. The van der Waals surface area contributed by atoms with Crippen LogP contribution >= 0.6 is 11.8 Å². The minimum atomic E-state index is 0.620. The second-order valence-corrected chi connectivity index (χ2v) is 6.47. The van der Waals surface area contributed by atoms with Gasteiger partial charge in [0.1, 0.15) is 5.75 Å². The van der Waals surface area contributed by atoms with Crippen LogP contribution in [0.5, 0.6) is 5.75 Å². The van der Waals surface area contributed by atoms with Crippen LogP contribution in [0.25, 0.3) is 0 Å². The van der Waals surface area contributed by atoms with Crippen LogP contribution in [0.2, 0.25) is 0 Å². The van der Waals surface area contributed by atoms with Gasteiger partial charge in [0, 0.05) is 18.0 Å². The molecule has 122 valence electrons. The molecule has 0 spiro atoms. The zero-order chi connectivity index (χ0) is 16.7. The number of ether oxygens (including phenoxy) is 1. The molecule has 0 saturated carbocycles. The summed E-state index contributed by atoms with van der Waals surface area (Å²) in [6.07, 6.45) is 2.36. The highest BCUT2D eigenvalue weighted by atomic mass is 32.2. The van der Waals surface area contributed by atoms with Gasteiger partial charge in [-0.15, -0.1) is 0 Å². The van der Waals surface area contributed by atoms with Crippen LogP contribution in [0, 0.1) is 25.2 Å². The van der Waals surface area contributed by atoms with E-state index >= 15 is 0 Å². The van der Waals surface area contributed by atoms with Crippen LogP contribution in [-0.2, 0) is 6.54 Å². The van der Waals surface area contributed by atoms with Gasteiger partial charge >= 0.3 is 0 Å². The summed E-state index contributed by atoms with van der Waals surface area (Å²) in [4.78, 5) is 4.66.